The second-order valence-corrected chi connectivity index (χ2v) is 8.89. The number of aryl methyl sites for hydroxylation is 1. The van der Waals surface area contributed by atoms with Crippen molar-refractivity contribution in [1.29, 1.82) is 0 Å². The first-order valence-electron chi connectivity index (χ1n) is 9.46. The molecule has 4 heterocycles. The molecule has 4 aromatic heterocycles. The molecule has 30 heavy (non-hydrogen) atoms. The third kappa shape index (κ3) is 3.59. The number of thioether (sulfide) groups is 1. The Morgan fingerprint density at radius 3 is 2.87 bits per heavy atom. The smallest absolute Gasteiger partial charge is 0.192 e. The van der Waals surface area contributed by atoms with Crippen molar-refractivity contribution in [3.8, 4) is 10.7 Å². The fourth-order valence-electron chi connectivity index (χ4n) is 3.33. The molecule has 1 aromatic carbocycles. The van der Waals surface area contributed by atoms with Crippen LogP contribution in [0, 0.1) is 6.92 Å². The zero-order valence-corrected chi connectivity index (χ0v) is 17.9. The lowest BCUT2D eigenvalue weighted by atomic mass is 10.2. The number of furan rings is 1. The third-order valence-corrected chi connectivity index (χ3v) is 6.93. The number of hydrogen-bond donors (Lipinski definition) is 1. The number of benzene rings is 1. The summed E-state index contributed by atoms with van der Waals surface area (Å²) in [6.07, 6.45) is 3.45. The van der Waals surface area contributed by atoms with Crippen molar-refractivity contribution in [2.75, 3.05) is 5.73 Å². The van der Waals surface area contributed by atoms with Crippen LogP contribution in [-0.2, 0) is 12.3 Å². The van der Waals surface area contributed by atoms with Gasteiger partial charge in [-0.05, 0) is 36.8 Å². The number of pyridine rings is 1. The number of rotatable bonds is 6. The Morgan fingerprint density at radius 2 is 2.07 bits per heavy atom. The molecule has 150 valence electrons. The molecule has 5 rings (SSSR count). The monoisotopic (exact) mass is 433 g/mol. The lowest BCUT2D eigenvalue weighted by molar-refractivity contribution is 0.485. The Hall–Kier alpha value is -3.10. The van der Waals surface area contributed by atoms with Crippen LogP contribution < -0.4 is 5.73 Å². The van der Waals surface area contributed by atoms with E-state index in [1.807, 2.05) is 24.3 Å². The maximum absolute atomic E-state index is 6.46. The van der Waals surface area contributed by atoms with Gasteiger partial charge in [0, 0.05) is 17.3 Å². The first kappa shape index (κ1) is 18.9. The zero-order valence-electron chi connectivity index (χ0n) is 16.3. The van der Waals surface area contributed by atoms with Gasteiger partial charge in [0.05, 0.1) is 23.4 Å². The van der Waals surface area contributed by atoms with Crippen molar-refractivity contribution in [3.63, 3.8) is 0 Å². The molecule has 6 nitrogen and oxygen atoms in total. The molecule has 0 radical (unpaired) electrons. The van der Waals surface area contributed by atoms with Gasteiger partial charge in [-0.1, -0.05) is 41.6 Å². The van der Waals surface area contributed by atoms with E-state index in [-0.39, 0.29) is 0 Å². The summed E-state index contributed by atoms with van der Waals surface area (Å²) in [4.78, 5) is 6.22. The first-order chi connectivity index (χ1) is 14.7. The standard InChI is InChI=1S/C22H19N5OS2/c1-14-5-2-6-15(11-14)13-29-22-26-25-20(27(22)12-16-7-4-10-28-16)19-18(23)17-8-3-9-24-21(17)30-19/h2-11H,12-13,23H2,1H3. The molecule has 0 spiro atoms. The molecule has 8 heteroatoms. The number of nitrogens with zero attached hydrogens (tertiary/aromatic N) is 4. The van der Waals surface area contributed by atoms with Crippen molar-refractivity contribution in [1.82, 2.24) is 19.7 Å². The van der Waals surface area contributed by atoms with Crippen molar-refractivity contribution < 1.29 is 4.42 Å². The molecule has 0 amide bonds. The van der Waals surface area contributed by atoms with E-state index >= 15 is 0 Å². The minimum Gasteiger partial charge on any atom is -0.467 e. The van der Waals surface area contributed by atoms with Gasteiger partial charge < -0.3 is 10.2 Å². The van der Waals surface area contributed by atoms with Crippen LogP contribution >= 0.6 is 23.1 Å². The van der Waals surface area contributed by atoms with Gasteiger partial charge in [0.2, 0.25) is 0 Å². The van der Waals surface area contributed by atoms with Crippen LogP contribution in [0.4, 0.5) is 5.69 Å². The van der Waals surface area contributed by atoms with E-state index in [9.17, 15) is 0 Å². The average Bonchev–Trinajstić information content (AvgIpc) is 3.47. The Balaban J connectivity index is 1.54. The van der Waals surface area contributed by atoms with Gasteiger partial charge in [0.25, 0.3) is 0 Å². The molecule has 0 fully saturated rings. The molecule has 2 N–H and O–H groups in total. The number of thiophene rings is 1. The Bertz CT molecular complexity index is 1310. The number of nitrogens with two attached hydrogens (primary N) is 1. The van der Waals surface area contributed by atoms with Gasteiger partial charge >= 0.3 is 0 Å². The van der Waals surface area contributed by atoms with E-state index in [2.05, 4.69) is 50.9 Å². The van der Waals surface area contributed by atoms with E-state index in [4.69, 9.17) is 10.2 Å². The maximum Gasteiger partial charge on any atom is 0.192 e. The predicted octanol–water partition coefficient (Wildman–Crippen LogP) is 5.38. The molecule has 0 aliphatic heterocycles. The second-order valence-electron chi connectivity index (χ2n) is 6.95. The van der Waals surface area contributed by atoms with Crippen LogP contribution in [0.3, 0.4) is 0 Å². The molecule has 0 saturated heterocycles. The van der Waals surface area contributed by atoms with Crippen LogP contribution in [-0.4, -0.2) is 19.7 Å². The van der Waals surface area contributed by atoms with Crippen LogP contribution in [0.5, 0.6) is 0 Å². The van der Waals surface area contributed by atoms with Gasteiger partial charge in [-0.2, -0.15) is 0 Å². The second kappa shape index (κ2) is 7.97. The quantitative estimate of drug-likeness (QED) is 0.362. The van der Waals surface area contributed by atoms with Crippen LogP contribution in [0.25, 0.3) is 20.9 Å². The molecule has 5 aromatic rings. The number of nitrogen functional groups attached to an aromatic ring is 1. The summed E-state index contributed by atoms with van der Waals surface area (Å²) in [7, 11) is 0. The van der Waals surface area contributed by atoms with Crippen LogP contribution in [0.15, 0.2) is 70.6 Å². The summed E-state index contributed by atoms with van der Waals surface area (Å²) in [5.74, 6) is 2.38. The predicted molar refractivity (Wildman–Crippen MR) is 122 cm³/mol. The summed E-state index contributed by atoms with van der Waals surface area (Å²) < 4.78 is 7.66. The van der Waals surface area contributed by atoms with Crippen molar-refractivity contribution >= 4 is 39.0 Å². The average molecular weight is 434 g/mol. The maximum atomic E-state index is 6.46. The molecule has 0 bridgehead atoms. The van der Waals surface area contributed by atoms with Crippen molar-refractivity contribution in [2.45, 2.75) is 24.4 Å². The SMILES string of the molecule is Cc1cccc(CSc2nnc(-c3sc4ncccc4c3N)n2Cc2ccco2)c1. The first-order valence-corrected chi connectivity index (χ1v) is 11.3. The lowest BCUT2D eigenvalue weighted by Crippen LogP contribution is -2.03. The highest BCUT2D eigenvalue weighted by atomic mass is 32.2. The van der Waals surface area contributed by atoms with Gasteiger partial charge in [-0.3, -0.25) is 4.57 Å². The number of hydrogen-bond acceptors (Lipinski definition) is 7. The van der Waals surface area contributed by atoms with E-state index in [1.54, 1.807) is 24.2 Å². The van der Waals surface area contributed by atoms with E-state index in [1.165, 1.54) is 22.5 Å². The molecular weight excluding hydrogens is 414 g/mol. The summed E-state index contributed by atoms with van der Waals surface area (Å²) in [6.45, 7) is 2.64. The molecule has 0 saturated carbocycles. The number of aromatic nitrogens is 4. The Labute approximate surface area is 181 Å². The summed E-state index contributed by atoms with van der Waals surface area (Å²) >= 11 is 3.19. The van der Waals surface area contributed by atoms with Gasteiger partial charge in [-0.15, -0.1) is 21.5 Å². The summed E-state index contributed by atoms with van der Waals surface area (Å²) in [6, 6.07) is 16.2. The topological polar surface area (TPSA) is 82.8 Å². The van der Waals surface area contributed by atoms with Crippen molar-refractivity contribution in [3.05, 3.63) is 77.9 Å². The third-order valence-electron chi connectivity index (χ3n) is 4.77. The Morgan fingerprint density at radius 1 is 1.13 bits per heavy atom. The van der Waals surface area contributed by atoms with E-state index in [0.29, 0.717) is 12.2 Å². The highest BCUT2D eigenvalue weighted by Gasteiger charge is 2.21. The highest BCUT2D eigenvalue weighted by Crippen LogP contribution is 2.40. The minimum absolute atomic E-state index is 0.534. The van der Waals surface area contributed by atoms with E-state index in [0.717, 1.165) is 37.6 Å². The van der Waals surface area contributed by atoms with Gasteiger partial charge in [0.15, 0.2) is 11.0 Å². The van der Waals surface area contributed by atoms with Gasteiger partial charge in [0.1, 0.15) is 10.6 Å². The van der Waals surface area contributed by atoms with Gasteiger partial charge in [-0.25, -0.2) is 4.98 Å². The number of anilines is 1. The summed E-state index contributed by atoms with van der Waals surface area (Å²) in [5, 5.41) is 10.8. The number of fused-ring (bicyclic) bond motifs is 1. The van der Waals surface area contributed by atoms with Crippen molar-refractivity contribution in [2.24, 2.45) is 0 Å². The van der Waals surface area contributed by atoms with E-state index < -0.39 is 0 Å². The molecular formula is C22H19N5OS2. The Kier molecular flexibility index (Phi) is 5.02. The molecule has 0 unspecified atom stereocenters. The zero-order chi connectivity index (χ0) is 20.5. The fraction of sp³-hybridized carbons (Fsp3) is 0.136. The van der Waals surface area contributed by atoms with Crippen LogP contribution in [0.1, 0.15) is 16.9 Å². The molecule has 0 aliphatic rings. The molecule has 0 aliphatic carbocycles. The summed E-state index contributed by atoms with van der Waals surface area (Å²) in [5.41, 5.74) is 9.65. The lowest BCUT2D eigenvalue weighted by Gasteiger charge is -2.09. The van der Waals surface area contributed by atoms with Crippen LogP contribution in [0.2, 0.25) is 0 Å². The fourth-order valence-corrected chi connectivity index (χ4v) is 5.27. The molecule has 0 atom stereocenters. The largest absolute Gasteiger partial charge is 0.467 e. The minimum atomic E-state index is 0.534. The highest BCUT2D eigenvalue weighted by molar-refractivity contribution is 7.98. The normalized spacial score (nSPS) is 11.4.